The van der Waals surface area contributed by atoms with Crippen LogP contribution >= 0.6 is 11.6 Å². The van der Waals surface area contributed by atoms with Crippen LogP contribution in [0.4, 0.5) is 5.82 Å². The number of anilines is 1. The van der Waals surface area contributed by atoms with Crippen molar-refractivity contribution in [2.75, 3.05) is 31.6 Å². The highest BCUT2D eigenvalue weighted by Crippen LogP contribution is 2.28. The average Bonchev–Trinajstić information content (AvgIpc) is 2.63. The summed E-state index contributed by atoms with van der Waals surface area (Å²) in [5.74, 6) is 8.42. The Morgan fingerprint density at radius 1 is 1.12 bits per heavy atom. The maximum absolute atomic E-state index is 5.82. The van der Waals surface area contributed by atoms with Crippen molar-refractivity contribution in [1.82, 2.24) is 15.1 Å². The lowest BCUT2D eigenvalue weighted by Gasteiger charge is -2.33. The monoisotopic (exact) mass is 346 g/mol. The van der Waals surface area contributed by atoms with Gasteiger partial charge in [0.05, 0.1) is 6.54 Å². The summed E-state index contributed by atoms with van der Waals surface area (Å²) in [6, 6.07) is 4.28. The van der Waals surface area contributed by atoms with Gasteiger partial charge in [0.15, 0.2) is 11.0 Å². The quantitative estimate of drug-likeness (QED) is 0.782. The third-order valence-corrected chi connectivity index (χ3v) is 5.48. The highest BCUT2D eigenvalue weighted by atomic mass is 35.5. The summed E-state index contributed by atoms with van der Waals surface area (Å²) in [4.78, 5) is 4.73. The van der Waals surface area contributed by atoms with Crippen molar-refractivity contribution in [3.8, 4) is 11.8 Å². The fourth-order valence-corrected chi connectivity index (χ4v) is 3.81. The van der Waals surface area contributed by atoms with E-state index in [1.807, 2.05) is 6.07 Å². The predicted molar refractivity (Wildman–Crippen MR) is 99.3 cm³/mol. The Kier molecular flexibility index (Phi) is 6.34. The summed E-state index contributed by atoms with van der Waals surface area (Å²) in [5, 5.41) is 8.57. The number of aromatic nitrogens is 2. The third kappa shape index (κ3) is 4.84. The Hall–Kier alpha value is -1.31. The first-order valence-corrected chi connectivity index (χ1v) is 9.53. The number of rotatable bonds is 3. The Balaban J connectivity index is 1.44. The van der Waals surface area contributed by atoms with Gasteiger partial charge in [-0.3, -0.25) is 4.90 Å². The van der Waals surface area contributed by atoms with Crippen molar-refractivity contribution in [2.45, 2.75) is 51.0 Å². The molecule has 2 fully saturated rings. The Morgan fingerprint density at radius 3 is 2.54 bits per heavy atom. The Labute approximate surface area is 150 Å². The molecule has 1 saturated heterocycles. The van der Waals surface area contributed by atoms with E-state index in [-0.39, 0.29) is 0 Å². The largest absolute Gasteiger partial charge is 0.355 e. The zero-order valence-corrected chi connectivity index (χ0v) is 15.3. The number of nitrogens with zero attached hydrogens (tertiary/aromatic N) is 4. The van der Waals surface area contributed by atoms with Crippen LogP contribution in [0.3, 0.4) is 0 Å². The molecule has 0 spiro atoms. The average molecular weight is 347 g/mol. The van der Waals surface area contributed by atoms with Gasteiger partial charge >= 0.3 is 0 Å². The van der Waals surface area contributed by atoms with E-state index in [4.69, 9.17) is 11.6 Å². The molecule has 1 saturated carbocycles. The number of hydrogen-bond donors (Lipinski definition) is 0. The van der Waals surface area contributed by atoms with E-state index in [1.165, 1.54) is 58.0 Å². The predicted octanol–water partition coefficient (Wildman–Crippen LogP) is 3.61. The molecular formula is C19H27ClN4. The first-order valence-electron chi connectivity index (χ1n) is 9.15. The minimum Gasteiger partial charge on any atom is -0.355 e. The van der Waals surface area contributed by atoms with E-state index >= 15 is 0 Å². The maximum atomic E-state index is 5.82. The molecule has 24 heavy (non-hydrogen) atoms. The van der Waals surface area contributed by atoms with Gasteiger partial charge in [-0.25, -0.2) is 0 Å². The van der Waals surface area contributed by atoms with Crippen LogP contribution in [0.25, 0.3) is 0 Å². The summed E-state index contributed by atoms with van der Waals surface area (Å²) < 4.78 is 0. The molecule has 1 aliphatic heterocycles. The van der Waals surface area contributed by atoms with E-state index in [1.54, 1.807) is 6.07 Å². The molecule has 1 aromatic rings. The normalized spacial score (nSPS) is 24.9. The van der Waals surface area contributed by atoms with Crippen molar-refractivity contribution in [3.63, 3.8) is 0 Å². The molecule has 130 valence electrons. The topological polar surface area (TPSA) is 32.3 Å². The van der Waals surface area contributed by atoms with Gasteiger partial charge in [0, 0.05) is 19.0 Å². The zero-order valence-electron chi connectivity index (χ0n) is 14.5. The second kappa shape index (κ2) is 8.69. The smallest absolute Gasteiger partial charge is 0.151 e. The van der Waals surface area contributed by atoms with Crippen LogP contribution in [-0.2, 0) is 0 Å². The molecule has 0 radical (unpaired) electrons. The van der Waals surface area contributed by atoms with Gasteiger partial charge in [0.1, 0.15) is 0 Å². The number of halogens is 1. The van der Waals surface area contributed by atoms with Crippen LogP contribution in [-0.4, -0.2) is 47.8 Å². The summed E-state index contributed by atoms with van der Waals surface area (Å²) >= 11 is 5.82. The molecule has 1 aromatic heterocycles. The zero-order chi connectivity index (χ0) is 16.8. The van der Waals surface area contributed by atoms with Gasteiger partial charge in [-0.05, 0) is 63.7 Å². The Bertz CT molecular complexity index is 563. The van der Waals surface area contributed by atoms with Crippen LogP contribution in [0.5, 0.6) is 0 Å². The third-order valence-electron chi connectivity index (χ3n) is 5.28. The van der Waals surface area contributed by atoms with Crippen molar-refractivity contribution in [3.05, 3.63) is 17.3 Å². The van der Waals surface area contributed by atoms with Gasteiger partial charge < -0.3 is 4.90 Å². The number of hydrogen-bond acceptors (Lipinski definition) is 4. The minimum atomic E-state index is 0.444. The molecule has 0 atom stereocenters. The molecule has 4 nitrogen and oxygen atoms in total. The van der Waals surface area contributed by atoms with E-state index < -0.39 is 0 Å². The lowest BCUT2D eigenvalue weighted by Crippen LogP contribution is -2.35. The van der Waals surface area contributed by atoms with Gasteiger partial charge in [0.2, 0.25) is 0 Å². The van der Waals surface area contributed by atoms with E-state index in [9.17, 15) is 0 Å². The molecule has 2 heterocycles. The SMILES string of the molecule is CN(c1ccc(Cl)nn1)C1CCC(C#CCN2CCCCC2)CC1. The molecule has 0 bridgehead atoms. The molecular weight excluding hydrogens is 320 g/mol. The van der Waals surface area contributed by atoms with Crippen LogP contribution in [0.1, 0.15) is 44.9 Å². The number of piperidine rings is 1. The van der Waals surface area contributed by atoms with E-state index in [2.05, 4.69) is 38.9 Å². The molecule has 3 rings (SSSR count). The second-order valence-corrected chi connectivity index (χ2v) is 7.38. The molecule has 0 unspecified atom stereocenters. The minimum absolute atomic E-state index is 0.444. The summed E-state index contributed by atoms with van der Waals surface area (Å²) in [7, 11) is 2.10. The lowest BCUT2D eigenvalue weighted by atomic mass is 9.86. The van der Waals surface area contributed by atoms with Gasteiger partial charge in [-0.15, -0.1) is 10.2 Å². The van der Waals surface area contributed by atoms with Gasteiger partial charge in [0.25, 0.3) is 0 Å². The molecule has 0 amide bonds. The van der Waals surface area contributed by atoms with Gasteiger partial charge in [-0.1, -0.05) is 29.9 Å². The molecule has 1 aliphatic carbocycles. The van der Waals surface area contributed by atoms with Crippen LogP contribution < -0.4 is 4.90 Å². The molecule has 5 heteroatoms. The highest BCUT2D eigenvalue weighted by Gasteiger charge is 2.24. The van der Waals surface area contributed by atoms with Crippen molar-refractivity contribution in [1.29, 1.82) is 0 Å². The van der Waals surface area contributed by atoms with Crippen LogP contribution in [0.15, 0.2) is 12.1 Å². The second-order valence-electron chi connectivity index (χ2n) is 6.99. The lowest BCUT2D eigenvalue weighted by molar-refractivity contribution is 0.255. The summed E-state index contributed by atoms with van der Waals surface area (Å²) in [5.41, 5.74) is 0. The summed E-state index contributed by atoms with van der Waals surface area (Å²) in [6.45, 7) is 3.42. The number of likely N-dealkylation sites (tertiary alicyclic amines) is 1. The van der Waals surface area contributed by atoms with Gasteiger partial charge in [-0.2, -0.15) is 0 Å². The molecule has 2 aliphatic rings. The van der Waals surface area contributed by atoms with Crippen LogP contribution in [0.2, 0.25) is 5.15 Å². The Morgan fingerprint density at radius 2 is 1.88 bits per heavy atom. The fourth-order valence-electron chi connectivity index (χ4n) is 3.71. The first-order chi connectivity index (χ1) is 11.7. The van der Waals surface area contributed by atoms with Crippen molar-refractivity contribution < 1.29 is 0 Å². The standard InChI is InChI=1S/C19H27ClN4/c1-23(19-12-11-18(20)21-22-19)17-9-7-16(8-10-17)6-5-15-24-13-3-2-4-14-24/h11-12,16-17H,2-4,7-10,13-15H2,1H3. The summed E-state index contributed by atoms with van der Waals surface area (Å²) in [6.07, 6.45) is 8.78. The van der Waals surface area contributed by atoms with Crippen molar-refractivity contribution in [2.24, 2.45) is 5.92 Å². The fraction of sp³-hybridized carbons (Fsp3) is 0.684. The van der Waals surface area contributed by atoms with E-state index in [0.717, 1.165) is 12.4 Å². The molecule has 0 N–H and O–H groups in total. The first kappa shape index (κ1) is 17.5. The van der Waals surface area contributed by atoms with Crippen LogP contribution in [0, 0.1) is 17.8 Å². The highest BCUT2D eigenvalue weighted by molar-refractivity contribution is 6.29. The van der Waals surface area contributed by atoms with Crippen molar-refractivity contribution >= 4 is 17.4 Å². The van der Waals surface area contributed by atoms with E-state index in [0.29, 0.717) is 17.1 Å². The molecule has 0 aromatic carbocycles. The maximum Gasteiger partial charge on any atom is 0.151 e.